The molecule has 270 valence electrons. The fraction of sp³-hybridized carbons (Fsp3) is 0.400. The lowest BCUT2D eigenvalue weighted by molar-refractivity contribution is -0.125. The Morgan fingerprint density at radius 3 is 2.44 bits per heavy atom. The third kappa shape index (κ3) is 6.90. The third-order valence-corrected chi connectivity index (χ3v) is 11.7. The first-order valence-corrected chi connectivity index (χ1v) is 19.0. The van der Waals surface area contributed by atoms with Gasteiger partial charge in [-0.15, -0.1) is 11.3 Å². The minimum Gasteiger partial charge on any atom is -0.490 e. The Labute approximate surface area is 307 Å². The molecule has 4 aliphatic rings. The fourth-order valence-corrected chi connectivity index (χ4v) is 8.45. The maximum atomic E-state index is 13.3. The highest BCUT2D eigenvalue weighted by atomic mass is 32.1. The van der Waals surface area contributed by atoms with Crippen LogP contribution in [0, 0.1) is 0 Å². The summed E-state index contributed by atoms with van der Waals surface area (Å²) in [5, 5.41) is 3.70. The molecule has 3 aromatic carbocycles. The number of piperazine rings is 1. The number of benzene rings is 3. The molecule has 8 rings (SSSR count). The number of hydrogen-bond donors (Lipinski definition) is 1. The molecular weight excluding hydrogens is 677 g/mol. The number of rotatable bonds is 11. The van der Waals surface area contributed by atoms with Gasteiger partial charge in [0, 0.05) is 88.9 Å². The first-order chi connectivity index (χ1) is 25.2. The van der Waals surface area contributed by atoms with Crippen LogP contribution in [0.5, 0.6) is 5.75 Å². The van der Waals surface area contributed by atoms with Crippen LogP contribution in [0.25, 0.3) is 20.8 Å². The average molecular weight is 721 g/mol. The van der Waals surface area contributed by atoms with Gasteiger partial charge < -0.3 is 24.6 Å². The molecule has 11 nitrogen and oxygen atoms in total. The van der Waals surface area contributed by atoms with Gasteiger partial charge in [0.05, 0.1) is 27.4 Å². The van der Waals surface area contributed by atoms with Gasteiger partial charge in [0.1, 0.15) is 22.9 Å². The number of hydrogen-bond acceptors (Lipinski definition) is 10. The van der Waals surface area contributed by atoms with Crippen molar-refractivity contribution in [2.45, 2.75) is 50.4 Å². The van der Waals surface area contributed by atoms with Crippen LogP contribution in [-0.4, -0.2) is 104 Å². The lowest BCUT2D eigenvalue weighted by Crippen LogP contribution is -2.51. The van der Waals surface area contributed by atoms with Gasteiger partial charge in [0.15, 0.2) is 0 Å². The molecule has 4 heterocycles. The molecule has 1 N–H and O–H groups in total. The smallest absolute Gasteiger partial charge is 0.262 e. The lowest BCUT2D eigenvalue weighted by Gasteiger charge is -2.37. The zero-order valence-corrected chi connectivity index (χ0v) is 30.5. The fourth-order valence-electron chi connectivity index (χ4n) is 7.45. The maximum absolute atomic E-state index is 13.3. The Hall–Kier alpha value is -4.78. The molecule has 3 fully saturated rings. The van der Waals surface area contributed by atoms with Crippen LogP contribution >= 0.6 is 11.3 Å². The summed E-state index contributed by atoms with van der Waals surface area (Å²) in [4.78, 5) is 51.7. The van der Waals surface area contributed by atoms with Crippen LogP contribution < -0.4 is 19.9 Å². The zero-order chi connectivity index (χ0) is 35.9. The van der Waals surface area contributed by atoms with Crippen molar-refractivity contribution in [1.29, 1.82) is 0 Å². The third-order valence-electron chi connectivity index (χ3n) is 10.6. The highest BCUT2D eigenvalue weighted by Crippen LogP contribution is 2.36. The number of fused-ring (bicyclic) bond motifs is 2. The van der Waals surface area contributed by atoms with Gasteiger partial charge in [-0.25, -0.2) is 4.98 Å². The Balaban J connectivity index is 0.747. The standard InChI is InChI=1S/C40H44N6O5S/c1-25-5-14-35(37(47)41-25)46-39(48)32-12-10-28(21-33(32)40(46)49)45-18-16-44(17-19-45)15-4-20-50-30-22-31(23-30)51-29-11-13-34-36(24-29)52-38(42-34)26-6-8-27(9-7-26)43(2)3/h6-13,21,24,30-31,35H,1,4-5,14-20,22-23H2,2-3H3,(H,41,47)/t30-,31-,35?. The van der Waals surface area contributed by atoms with E-state index in [9.17, 15) is 14.4 Å². The normalized spacial score (nSPS) is 22.1. The highest BCUT2D eigenvalue weighted by molar-refractivity contribution is 7.21. The van der Waals surface area contributed by atoms with Crippen molar-refractivity contribution in [2.24, 2.45) is 0 Å². The quantitative estimate of drug-likeness (QED) is 0.158. The molecular formula is C40H44N6O5S. The molecule has 1 atom stereocenters. The van der Waals surface area contributed by atoms with Crippen molar-refractivity contribution >= 4 is 50.6 Å². The summed E-state index contributed by atoms with van der Waals surface area (Å²) in [6.07, 6.45) is 4.12. The zero-order valence-electron chi connectivity index (χ0n) is 29.7. The molecule has 2 saturated heterocycles. The van der Waals surface area contributed by atoms with E-state index in [0.717, 1.165) is 95.7 Å². The second-order valence-corrected chi connectivity index (χ2v) is 15.4. The van der Waals surface area contributed by atoms with Crippen molar-refractivity contribution in [3.05, 3.63) is 84.1 Å². The molecule has 12 heteroatoms. The van der Waals surface area contributed by atoms with Gasteiger partial charge in [0.2, 0.25) is 5.91 Å². The van der Waals surface area contributed by atoms with E-state index in [0.29, 0.717) is 29.7 Å². The lowest BCUT2D eigenvalue weighted by atomic mass is 9.92. The van der Waals surface area contributed by atoms with Gasteiger partial charge in [-0.3, -0.25) is 24.2 Å². The van der Waals surface area contributed by atoms with E-state index < -0.39 is 17.9 Å². The number of anilines is 2. The predicted molar refractivity (Wildman–Crippen MR) is 203 cm³/mol. The van der Waals surface area contributed by atoms with Crippen molar-refractivity contribution < 1.29 is 23.9 Å². The molecule has 3 aliphatic heterocycles. The van der Waals surface area contributed by atoms with E-state index in [1.807, 2.05) is 38.4 Å². The van der Waals surface area contributed by atoms with E-state index in [2.05, 4.69) is 56.9 Å². The molecule has 0 bridgehead atoms. The van der Waals surface area contributed by atoms with Crippen LogP contribution in [0.2, 0.25) is 0 Å². The van der Waals surface area contributed by atoms with Gasteiger partial charge >= 0.3 is 0 Å². The number of amides is 3. The first-order valence-electron chi connectivity index (χ1n) is 18.1. The van der Waals surface area contributed by atoms with E-state index in [4.69, 9.17) is 14.5 Å². The summed E-state index contributed by atoms with van der Waals surface area (Å²) in [6, 6.07) is 19.3. The van der Waals surface area contributed by atoms with Crippen LogP contribution in [-0.2, 0) is 9.53 Å². The summed E-state index contributed by atoms with van der Waals surface area (Å²) >= 11 is 1.69. The molecule has 1 aliphatic carbocycles. The monoisotopic (exact) mass is 720 g/mol. The molecule has 52 heavy (non-hydrogen) atoms. The van der Waals surface area contributed by atoms with Crippen LogP contribution in [0.15, 0.2) is 72.9 Å². The van der Waals surface area contributed by atoms with Gasteiger partial charge in [-0.05, 0) is 79.9 Å². The number of aromatic nitrogens is 1. The number of carbonyl (C=O) groups is 3. The van der Waals surface area contributed by atoms with Gasteiger partial charge in [-0.1, -0.05) is 6.58 Å². The Kier molecular flexibility index (Phi) is 9.45. The Bertz CT molecular complexity index is 2010. The molecule has 3 amide bonds. The van der Waals surface area contributed by atoms with Crippen LogP contribution in [0.1, 0.15) is 52.8 Å². The Morgan fingerprint density at radius 2 is 1.69 bits per heavy atom. The summed E-state index contributed by atoms with van der Waals surface area (Å²) in [6.45, 7) is 8.99. The highest BCUT2D eigenvalue weighted by Gasteiger charge is 2.44. The number of thiazole rings is 1. The number of piperidine rings is 1. The minimum absolute atomic E-state index is 0.171. The molecule has 0 spiro atoms. The van der Waals surface area contributed by atoms with Crippen molar-refractivity contribution in [3.63, 3.8) is 0 Å². The molecule has 1 saturated carbocycles. The second kappa shape index (κ2) is 14.3. The summed E-state index contributed by atoms with van der Waals surface area (Å²) in [5.41, 5.74) is 5.56. The van der Waals surface area contributed by atoms with Gasteiger partial charge in [-0.2, -0.15) is 0 Å². The number of nitrogens with one attached hydrogen (secondary N) is 1. The second-order valence-electron chi connectivity index (χ2n) is 14.3. The summed E-state index contributed by atoms with van der Waals surface area (Å²) in [7, 11) is 4.08. The minimum atomic E-state index is -0.801. The van der Waals surface area contributed by atoms with Crippen molar-refractivity contribution in [2.75, 3.05) is 63.2 Å². The van der Waals surface area contributed by atoms with E-state index in [-0.39, 0.29) is 18.1 Å². The summed E-state index contributed by atoms with van der Waals surface area (Å²) in [5.74, 6) is -0.263. The maximum Gasteiger partial charge on any atom is 0.262 e. The number of imide groups is 1. The number of allylic oxidation sites excluding steroid dienone is 1. The molecule has 1 unspecified atom stereocenters. The van der Waals surface area contributed by atoms with Crippen LogP contribution in [0.3, 0.4) is 0 Å². The van der Waals surface area contributed by atoms with E-state index in [1.165, 1.54) is 5.69 Å². The number of nitrogens with zero attached hydrogens (tertiary/aromatic N) is 5. The van der Waals surface area contributed by atoms with E-state index in [1.54, 1.807) is 17.4 Å². The topological polar surface area (TPSA) is 108 Å². The van der Waals surface area contributed by atoms with Crippen LogP contribution in [0.4, 0.5) is 11.4 Å². The Morgan fingerprint density at radius 1 is 0.923 bits per heavy atom. The number of ether oxygens (including phenoxy) is 2. The predicted octanol–water partition coefficient (Wildman–Crippen LogP) is 5.56. The first kappa shape index (κ1) is 34.3. The largest absolute Gasteiger partial charge is 0.490 e. The average Bonchev–Trinajstić information content (AvgIpc) is 3.66. The van der Waals surface area contributed by atoms with Gasteiger partial charge in [0.25, 0.3) is 11.8 Å². The SMILES string of the molecule is C=C1CCC(N2C(=O)c3ccc(N4CCN(CCCO[C@H]5C[C@H](Oc6ccc7nc(-c8ccc(N(C)C)cc8)sc7c6)C5)CC4)cc3C2=O)C(=O)N1. The van der Waals surface area contributed by atoms with E-state index >= 15 is 0 Å². The molecule has 4 aromatic rings. The number of carbonyl (C=O) groups excluding carboxylic acids is 3. The summed E-state index contributed by atoms with van der Waals surface area (Å²) < 4.78 is 13.6. The molecule has 1 aromatic heterocycles. The molecule has 0 radical (unpaired) electrons. The van der Waals surface area contributed by atoms with Crippen molar-refractivity contribution in [1.82, 2.24) is 20.1 Å². The van der Waals surface area contributed by atoms with Crippen molar-refractivity contribution in [3.8, 4) is 16.3 Å².